The number of hydrogen-bond donors (Lipinski definition) is 9. The predicted molar refractivity (Wildman–Crippen MR) is 95.7 cm³/mol. The van der Waals surface area contributed by atoms with Crippen molar-refractivity contribution in [2.24, 2.45) is 11.5 Å². The Bertz CT molecular complexity index is 613. The largest absolute Gasteiger partial charge is 0.480 e. The van der Waals surface area contributed by atoms with E-state index < -0.39 is 73.1 Å². The van der Waals surface area contributed by atoms with E-state index in [1.165, 1.54) is 6.92 Å². The molecule has 11 N–H and O–H groups in total. The van der Waals surface area contributed by atoms with E-state index >= 15 is 0 Å². The van der Waals surface area contributed by atoms with Crippen molar-refractivity contribution < 1.29 is 44.4 Å². The number of nitrogens with two attached hydrogens (primary N) is 2. The molecule has 166 valence electrons. The van der Waals surface area contributed by atoms with Crippen LogP contribution < -0.4 is 27.4 Å². The molecule has 0 saturated heterocycles. The number of aliphatic hydroxyl groups is 3. The summed E-state index contributed by atoms with van der Waals surface area (Å²) in [5, 5.41) is 42.8. The average Bonchev–Trinajstić information content (AvgIpc) is 2.65. The van der Waals surface area contributed by atoms with Gasteiger partial charge in [-0.3, -0.25) is 19.2 Å². The van der Waals surface area contributed by atoms with Crippen LogP contribution in [-0.2, 0) is 24.0 Å². The van der Waals surface area contributed by atoms with Crippen LogP contribution in [0, 0.1) is 0 Å². The second kappa shape index (κ2) is 12.6. The zero-order chi connectivity index (χ0) is 22.7. The quantitative estimate of drug-likeness (QED) is 0.136. The summed E-state index contributed by atoms with van der Waals surface area (Å²) in [6, 6.07) is -6.06. The Morgan fingerprint density at radius 3 is 1.86 bits per heavy atom. The number of hydrogen-bond acceptors (Lipinski definition) is 9. The number of amides is 4. The Hall–Kier alpha value is -2.81. The van der Waals surface area contributed by atoms with Crippen LogP contribution in [0.2, 0.25) is 0 Å². The van der Waals surface area contributed by atoms with Crippen LogP contribution in [0.4, 0.5) is 0 Å². The van der Waals surface area contributed by atoms with Crippen molar-refractivity contribution in [3.05, 3.63) is 0 Å². The van der Waals surface area contributed by atoms with Crippen molar-refractivity contribution in [1.82, 2.24) is 16.0 Å². The van der Waals surface area contributed by atoms with Crippen molar-refractivity contribution >= 4 is 29.6 Å². The van der Waals surface area contributed by atoms with Crippen molar-refractivity contribution in [3.8, 4) is 0 Å². The lowest BCUT2D eigenvalue weighted by molar-refractivity contribution is -0.143. The van der Waals surface area contributed by atoms with Gasteiger partial charge in [0.25, 0.3) is 0 Å². The molecule has 0 aromatic rings. The lowest BCUT2D eigenvalue weighted by Gasteiger charge is -2.26. The van der Waals surface area contributed by atoms with Gasteiger partial charge in [0.05, 0.1) is 19.3 Å². The fourth-order valence-corrected chi connectivity index (χ4v) is 2.02. The zero-order valence-corrected chi connectivity index (χ0v) is 15.7. The van der Waals surface area contributed by atoms with Crippen LogP contribution in [0.5, 0.6) is 0 Å². The van der Waals surface area contributed by atoms with Gasteiger partial charge in [-0.05, 0) is 13.3 Å². The Balaban J connectivity index is 5.37. The first kappa shape index (κ1) is 26.2. The number of aliphatic carboxylic acids is 1. The summed E-state index contributed by atoms with van der Waals surface area (Å²) in [5.74, 6) is -5.36. The highest BCUT2D eigenvalue weighted by Crippen LogP contribution is 2.02. The van der Waals surface area contributed by atoms with Gasteiger partial charge in [0.15, 0.2) is 0 Å². The molecule has 29 heavy (non-hydrogen) atoms. The van der Waals surface area contributed by atoms with E-state index in [4.69, 9.17) is 26.8 Å². The summed E-state index contributed by atoms with van der Waals surface area (Å²) >= 11 is 0. The fraction of sp³-hybridized carbons (Fsp3) is 0.667. The SMILES string of the molecule is CC(O)C(NC(=O)C(N)CO)C(=O)NC(CCC(N)=O)C(=O)NC(CO)C(=O)O. The number of nitrogens with one attached hydrogen (secondary N) is 3. The van der Waals surface area contributed by atoms with Gasteiger partial charge in [-0.25, -0.2) is 4.79 Å². The molecule has 0 fully saturated rings. The first-order valence-corrected chi connectivity index (χ1v) is 8.52. The molecule has 0 aliphatic heterocycles. The molecule has 0 aromatic heterocycles. The second-order valence-electron chi connectivity index (χ2n) is 6.16. The first-order chi connectivity index (χ1) is 13.4. The third kappa shape index (κ3) is 9.29. The van der Waals surface area contributed by atoms with E-state index in [9.17, 15) is 29.1 Å². The number of carbonyl (C=O) groups excluding carboxylic acids is 4. The van der Waals surface area contributed by atoms with E-state index in [1.54, 1.807) is 0 Å². The molecule has 14 nitrogen and oxygen atoms in total. The minimum atomic E-state index is -1.66. The number of carboxylic acids is 1. The molecular weight excluding hydrogens is 394 g/mol. The average molecular weight is 421 g/mol. The van der Waals surface area contributed by atoms with Crippen molar-refractivity contribution in [2.45, 2.75) is 50.0 Å². The smallest absolute Gasteiger partial charge is 0.328 e. The van der Waals surface area contributed by atoms with Gasteiger partial charge in [0.1, 0.15) is 24.2 Å². The molecule has 0 aromatic carbocycles. The second-order valence-corrected chi connectivity index (χ2v) is 6.16. The van der Waals surface area contributed by atoms with Gasteiger partial charge in [-0.1, -0.05) is 0 Å². The van der Waals surface area contributed by atoms with Crippen molar-refractivity contribution in [1.29, 1.82) is 0 Å². The van der Waals surface area contributed by atoms with Gasteiger partial charge in [-0.2, -0.15) is 0 Å². The van der Waals surface area contributed by atoms with E-state index in [1.807, 2.05) is 5.32 Å². The molecule has 0 radical (unpaired) electrons. The Labute approximate surface area is 165 Å². The van der Waals surface area contributed by atoms with Crippen LogP contribution in [0.1, 0.15) is 19.8 Å². The van der Waals surface area contributed by atoms with Crippen LogP contribution in [0.25, 0.3) is 0 Å². The monoisotopic (exact) mass is 421 g/mol. The number of aliphatic hydroxyl groups excluding tert-OH is 3. The summed E-state index contributed by atoms with van der Waals surface area (Å²) < 4.78 is 0. The maximum Gasteiger partial charge on any atom is 0.328 e. The lowest BCUT2D eigenvalue weighted by atomic mass is 10.1. The lowest BCUT2D eigenvalue weighted by Crippen LogP contribution is -2.60. The molecule has 0 bridgehead atoms. The third-order valence-electron chi connectivity index (χ3n) is 3.71. The molecule has 0 saturated carbocycles. The number of rotatable bonds is 13. The third-order valence-corrected chi connectivity index (χ3v) is 3.71. The van der Waals surface area contributed by atoms with Gasteiger partial charge in [0.2, 0.25) is 23.6 Å². The number of carbonyl (C=O) groups is 5. The summed E-state index contributed by atoms with van der Waals surface area (Å²) in [7, 11) is 0. The molecule has 5 unspecified atom stereocenters. The molecule has 5 atom stereocenters. The van der Waals surface area contributed by atoms with Crippen LogP contribution in [0.15, 0.2) is 0 Å². The van der Waals surface area contributed by atoms with Crippen LogP contribution >= 0.6 is 0 Å². The molecular formula is C15H27N5O9. The van der Waals surface area contributed by atoms with E-state index in [2.05, 4.69) is 10.6 Å². The molecule has 4 amide bonds. The predicted octanol–water partition coefficient (Wildman–Crippen LogP) is -5.52. The standard InChI is InChI=1S/C15H27N5O9/c1-6(23)11(20-12(25)7(16)4-21)14(27)18-8(2-3-10(17)24)13(26)19-9(5-22)15(28)29/h6-9,11,21-23H,2-5,16H2,1H3,(H2,17,24)(H,18,27)(H,19,26)(H,20,25)(H,28,29). The number of primary amides is 1. The van der Waals surface area contributed by atoms with Gasteiger partial charge in [-0.15, -0.1) is 0 Å². The van der Waals surface area contributed by atoms with Gasteiger partial charge >= 0.3 is 5.97 Å². The van der Waals surface area contributed by atoms with Gasteiger partial charge < -0.3 is 47.8 Å². The van der Waals surface area contributed by atoms with E-state index in [-0.39, 0.29) is 12.8 Å². The maximum absolute atomic E-state index is 12.4. The molecule has 0 aliphatic rings. The molecule has 0 rings (SSSR count). The summed E-state index contributed by atoms with van der Waals surface area (Å²) in [4.78, 5) is 58.4. The van der Waals surface area contributed by atoms with Crippen molar-refractivity contribution in [2.75, 3.05) is 13.2 Å². The fourth-order valence-electron chi connectivity index (χ4n) is 2.02. The Kier molecular flexibility index (Phi) is 11.4. The molecule has 0 spiro atoms. The highest BCUT2D eigenvalue weighted by molar-refractivity contribution is 5.94. The maximum atomic E-state index is 12.4. The van der Waals surface area contributed by atoms with Crippen molar-refractivity contribution in [3.63, 3.8) is 0 Å². The highest BCUT2D eigenvalue weighted by Gasteiger charge is 2.32. The summed E-state index contributed by atoms with van der Waals surface area (Å²) in [6.07, 6.45) is -2.11. The Morgan fingerprint density at radius 1 is 0.897 bits per heavy atom. The minimum Gasteiger partial charge on any atom is -0.480 e. The Morgan fingerprint density at radius 2 is 1.45 bits per heavy atom. The zero-order valence-electron chi connectivity index (χ0n) is 15.7. The van der Waals surface area contributed by atoms with E-state index in [0.29, 0.717) is 0 Å². The summed E-state index contributed by atoms with van der Waals surface area (Å²) in [6.45, 7) is -0.482. The topological polar surface area (TPSA) is 254 Å². The van der Waals surface area contributed by atoms with Gasteiger partial charge in [0, 0.05) is 6.42 Å². The van der Waals surface area contributed by atoms with Crippen LogP contribution in [-0.4, -0.2) is 93.5 Å². The molecule has 0 heterocycles. The minimum absolute atomic E-state index is 0.318. The van der Waals surface area contributed by atoms with Crippen LogP contribution in [0.3, 0.4) is 0 Å². The molecule has 0 aliphatic carbocycles. The highest BCUT2D eigenvalue weighted by atomic mass is 16.4. The number of carboxylic acid groups (broad SMARTS) is 1. The normalized spacial score (nSPS) is 15.9. The van der Waals surface area contributed by atoms with E-state index in [0.717, 1.165) is 0 Å². The summed E-state index contributed by atoms with van der Waals surface area (Å²) in [5.41, 5.74) is 10.3. The first-order valence-electron chi connectivity index (χ1n) is 8.52. The molecule has 14 heteroatoms.